The Bertz CT molecular complexity index is 941. The van der Waals surface area contributed by atoms with E-state index in [0.717, 1.165) is 75.9 Å². The van der Waals surface area contributed by atoms with Crippen LogP contribution < -0.4 is 20.0 Å². The van der Waals surface area contributed by atoms with E-state index in [0.29, 0.717) is 6.54 Å². The molecule has 3 aliphatic heterocycles. The maximum Gasteiger partial charge on any atom is 0.238 e. The molecule has 5 rings (SSSR count). The summed E-state index contributed by atoms with van der Waals surface area (Å²) in [5, 5.41) is 3.01. The van der Waals surface area contributed by atoms with E-state index in [1.54, 1.807) is 0 Å². The summed E-state index contributed by atoms with van der Waals surface area (Å²) in [7, 11) is 0. The largest absolute Gasteiger partial charge is 0.341 e. The Morgan fingerprint density at radius 3 is 1.63 bits per heavy atom. The van der Waals surface area contributed by atoms with Gasteiger partial charge in [0.15, 0.2) is 0 Å². The van der Waals surface area contributed by atoms with Crippen LogP contribution in [0.15, 0.2) is 24.3 Å². The van der Waals surface area contributed by atoms with Crippen molar-refractivity contribution < 1.29 is 4.79 Å². The van der Waals surface area contributed by atoms with Gasteiger partial charge in [0.05, 0.1) is 6.54 Å². The highest BCUT2D eigenvalue weighted by Gasteiger charge is 2.25. The van der Waals surface area contributed by atoms with E-state index >= 15 is 0 Å². The van der Waals surface area contributed by atoms with Crippen molar-refractivity contribution in [1.29, 1.82) is 0 Å². The molecule has 0 bridgehead atoms. The van der Waals surface area contributed by atoms with E-state index in [9.17, 15) is 4.79 Å². The molecule has 0 spiro atoms. The molecule has 3 saturated heterocycles. The smallest absolute Gasteiger partial charge is 0.238 e. The minimum Gasteiger partial charge on any atom is -0.341 e. The Hall–Kier alpha value is -2.94. The van der Waals surface area contributed by atoms with Crippen molar-refractivity contribution in [2.75, 3.05) is 78.9 Å². The molecule has 0 radical (unpaired) electrons. The van der Waals surface area contributed by atoms with Crippen molar-refractivity contribution in [1.82, 2.24) is 19.9 Å². The number of benzene rings is 1. The highest BCUT2D eigenvalue weighted by atomic mass is 16.2. The first-order valence-corrected chi connectivity index (χ1v) is 13.2. The molecule has 9 heteroatoms. The van der Waals surface area contributed by atoms with Gasteiger partial charge in [0.25, 0.3) is 0 Å². The fraction of sp³-hybridized carbons (Fsp3) is 0.615. The monoisotopic (exact) mass is 478 g/mol. The van der Waals surface area contributed by atoms with Crippen LogP contribution in [0.3, 0.4) is 0 Å². The molecule has 3 fully saturated rings. The highest BCUT2D eigenvalue weighted by Crippen LogP contribution is 2.24. The number of nitrogens with zero attached hydrogens (tertiary/aromatic N) is 7. The number of anilines is 4. The number of amides is 1. The lowest BCUT2D eigenvalue weighted by Crippen LogP contribution is -2.49. The van der Waals surface area contributed by atoms with Gasteiger partial charge in [-0.05, 0) is 57.6 Å². The molecule has 0 aliphatic carbocycles. The third kappa shape index (κ3) is 6.20. The van der Waals surface area contributed by atoms with Gasteiger partial charge in [-0.1, -0.05) is 17.7 Å². The van der Waals surface area contributed by atoms with Crippen molar-refractivity contribution >= 4 is 29.4 Å². The molecule has 0 unspecified atom stereocenters. The summed E-state index contributed by atoms with van der Waals surface area (Å²) in [5.41, 5.74) is 2.03. The molecule has 1 aromatic heterocycles. The van der Waals surface area contributed by atoms with Crippen LogP contribution in [-0.2, 0) is 4.79 Å². The van der Waals surface area contributed by atoms with Gasteiger partial charge in [-0.15, -0.1) is 0 Å². The molecule has 35 heavy (non-hydrogen) atoms. The Morgan fingerprint density at radius 2 is 1.14 bits per heavy atom. The van der Waals surface area contributed by atoms with Crippen LogP contribution >= 0.6 is 0 Å². The minimum atomic E-state index is 0.0298. The summed E-state index contributed by atoms with van der Waals surface area (Å²) in [6.45, 7) is 9.76. The second-order valence-corrected chi connectivity index (χ2v) is 10.0. The number of piperazine rings is 1. The molecule has 1 aromatic carbocycles. The summed E-state index contributed by atoms with van der Waals surface area (Å²) in [6.07, 6.45) is 7.36. The zero-order chi connectivity index (χ0) is 24.0. The standard InChI is InChI=1S/C26H38N8O/c1-21-8-10-22(11-9-21)27-23(35)20-31-16-18-34(19-17-31)26-29-24(32-12-4-2-5-13-32)28-25(30-26)33-14-6-3-7-15-33/h8-11H,2-7,12-20H2,1H3,(H,27,35). The fourth-order valence-corrected chi connectivity index (χ4v) is 5.10. The van der Waals surface area contributed by atoms with Crippen molar-refractivity contribution in [3.8, 4) is 0 Å². The minimum absolute atomic E-state index is 0.0298. The average Bonchev–Trinajstić information content (AvgIpc) is 2.91. The molecule has 2 aromatic rings. The molecule has 4 heterocycles. The van der Waals surface area contributed by atoms with E-state index in [-0.39, 0.29) is 5.91 Å². The number of aromatic nitrogens is 3. The zero-order valence-electron chi connectivity index (χ0n) is 21.0. The first-order chi connectivity index (χ1) is 17.1. The van der Waals surface area contributed by atoms with Gasteiger partial charge in [-0.2, -0.15) is 15.0 Å². The van der Waals surface area contributed by atoms with E-state index in [1.165, 1.54) is 44.1 Å². The third-order valence-corrected chi connectivity index (χ3v) is 7.24. The Balaban J connectivity index is 1.23. The summed E-state index contributed by atoms with van der Waals surface area (Å²) in [6, 6.07) is 7.93. The first kappa shape index (κ1) is 23.8. The van der Waals surface area contributed by atoms with Crippen LogP contribution in [0.1, 0.15) is 44.1 Å². The Kier molecular flexibility index (Phi) is 7.61. The number of piperidine rings is 2. The van der Waals surface area contributed by atoms with E-state index < -0.39 is 0 Å². The molecule has 3 aliphatic rings. The molecule has 9 nitrogen and oxygen atoms in total. The van der Waals surface area contributed by atoms with Gasteiger partial charge >= 0.3 is 0 Å². The van der Waals surface area contributed by atoms with Crippen molar-refractivity contribution in [3.63, 3.8) is 0 Å². The number of rotatable bonds is 6. The molecule has 1 amide bonds. The Labute approximate surface area is 208 Å². The maximum absolute atomic E-state index is 12.5. The highest BCUT2D eigenvalue weighted by molar-refractivity contribution is 5.92. The van der Waals surface area contributed by atoms with Crippen LogP contribution in [0.25, 0.3) is 0 Å². The molecule has 188 valence electrons. The molecule has 0 atom stereocenters. The number of hydrogen-bond donors (Lipinski definition) is 1. The predicted molar refractivity (Wildman–Crippen MR) is 140 cm³/mol. The third-order valence-electron chi connectivity index (χ3n) is 7.24. The first-order valence-electron chi connectivity index (χ1n) is 13.2. The fourth-order valence-electron chi connectivity index (χ4n) is 5.10. The molecule has 0 saturated carbocycles. The second kappa shape index (κ2) is 11.2. The molecule has 1 N–H and O–H groups in total. The van der Waals surface area contributed by atoms with Crippen LogP contribution in [0.4, 0.5) is 23.5 Å². The average molecular weight is 479 g/mol. The summed E-state index contributed by atoms with van der Waals surface area (Å²) >= 11 is 0. The van der Waals surface area contributed by atoms with Gasteiger partial charge < -0.3 is 20.0 Å². The molecular formula is C26H38N8O. The number of nitrogens with one attached hydrogen (secondary N) is 1. The van der Waals surface area contributed by atoms with Crippen LogP contribution in [-0.4, -0.2) is 84.7 Å². The van der Waals surface area contributed by atoms with Crippen LogP contribution in [0, 0.1) is 6.92 Å². The summed E-state index contributed by atoms with van der Waals surface area (Å²) in [5.74, 6) is 2.47. The SMILES string of the molecule is Cc1ccc(NC(=O)CN2CCN(c3nc(N4CCCCC4)nc(N4CCCCC4)n3)CC2)cc1. The lowest BCUT2D eigenvalue weighted by Gasteiger charge is -2.36. The number of aryl methyl sites for hydroxylation is 1. The van der Waals surface area contributed by atoms with Crippen molar-refractivity contribution in [2.24, 2.45) is 0 Å². The van der Waals surface area contributed by atoms with E-state index in [2.05, 4.69) is 24.9 Å². The second-order valence-electron chi connectivity index (χ2n) is 10.0. The van der Waals surface area contributed by atoms with Gasteiger partial charge in [-0.3, -0.25) is 9.69 Å². The summed E-state index contributed by atoms with van der Waals surface area (Å²) < 4.78 is 0. The van der Waals surface area contributed by atoms with Crippen molar-refractivity contribution in [3.05, 3.63) is 29.8 Å². The zero-order valence-corrected chi connectivity index (χ0v) is 21.0. The van der Waals surface area contributed by atoms with Gasteiger partial charge in [0.1, 0.15) is 0 Å². The Morgan fingerprint density at radius 1 is 0.686 bits per heavy atom. The van der Waals surface area contributed by atoms with Gasteiger partial charge in [0.2, 0.25) is 23.8 Å². The van der Waals surface area contributed by atoms with E-state index in [1.807, 2.05) is 31.2 Å². The van der Waals surface area contributed by atoms with Crippen LogP contribution in [0.2, 0.25) is 0 Å². The normalized spacial score (nSPS) is 19.6. The topological polar surface area (TPSA) is 80.7 Å². The van der Waals surface area contributed by atoms with Crippen LogP contribution in [0.5, 0.6) is 0 Å². The summed E-state index contributed by atoms with van der Waals surface area (Å²) in [4.78, 5) is 36.4. The maximum atomic E-state index is 12.5. The number of carbonyl (C=O) groups excluding carboxylic acids is 1. The van der Waals surface area contributed by atoms with Gasteiger partial charge in [0, 0.05) is 58.0 Å². The van der Waals surface area contributed by atoms with E-state index in [4.69, 9.17) is 15.0 Å². The van der Waals surface area contributed by atoms with Crippen molar-refractivity contribution in [2.45, 2.75) is 45.4 Å². The quantitative estimate of drug-likeness (QED) is 0.679. The molecular weight excluding hydrogens is 440 g/mol. The number of carbonyl (C=O) groups is 1. The van der Waals surface area contributed by atoms with Gasteiger partial charge in [-0.25, -0.2) is 0 Å². The predicted octanol–water partition coefficient (Wildman–Crippen LogP) is 2.92. The lowest BCUT2D eigenvalue weighted by molar-refractivity contribution is -0.117. The lowest BCUT2D eigenvalue weighted by atomic mass is 10.1. The number of hydrogen-bond acceptors (Lipinski definition) is 8.